The predicted molar refractivity (Wildman–Crippen MR) is 117 cm³/mol. The summed E-state index contributed by atoms with van der Waals surface area (Å²) in [7, 11) is -6.97. The number of ketones is 1. The van der Waals surface area contributed by atoms with E-state index >= 15 is 0 Å². The first-order valence-corrected chi connectivity index (χ1v) is 13.9. The number of rotatable bonds is 6. The van der Waals surface area contributed by atoms with Crippen LogP contribution in [0.15, 0.2) is 29.2 Å². The van der Waals surface area contributed by atoms with Gasteiger partial charge in [0.05, 0.1) is 27.4 Å². The highest BCUT2D eigenvalue weighted by Gasteiger charge is 2.39. The zero-order valence-electron chi connectivity index (χ0n) is 18.9. The van der Waals surface area contributed by atoms with Crippen LogP contribution in [-0.2, 0) is 44.8 Å². The van der Waals surface area contributed by atoms with Crippen molar-refractivity contribution >= 4 is 37.5 Å². The molecule has 1 aromatic rings. The average Bonchev–Trinajstić information content (AvgIpc) is 2.73. The molecule has 1 N–H and O–H groups in total. The molecular weight excluding hydrogens is 486 g/mol. The lowest BCUT2D eigenvalue weighted by Crippen LogP contribution is -3.22. The molecule has 0 radical (unpaired) electrons. The summed E-state index contributed by atoms with van der Waals surface area (Å²) in [5.41, 5.74) is 0.439. The Morgan fingerprint density at radius 1 is 0.969 bits per heavy atom. The normalized spacial score (nSPS) is 15.3. The van der Waals surface area contributed by atoms with Crippen LogP contribution in [0.1, 0.15) is 24.2 Å². The molecule has 1 saturated heterocycles. The Balaban J connectivity index is 0.000000662. The number of nitrogens with one attached hydrogen (secondary N) is 1. The first kappa shape index (κ1) is 30.9. The SMILES string of the molecule is COS(=O)(=O)[O-].COS(=O)(=O)[O-].C[S+](C)c1ccc(C(=O)C(C)(C)[NH+]2CCOCC2)cc1. The molecule has 0 unspecified atom stereocenters. The summed E-state index contributed by atoms with van der Waals surface area (Å²) in [6.45, 7) is 7.41. The van der Waals surface area contributed by atoms with Gasteiger partial charge in [-0.15, -0.1) is 0 Å². The third-order valence-corrected chi connectivity index (χ3v) is 6.58. The van der Waals surface area contributed by atoms with Gasteiger partial charge in [-0.05, 0) is 38.1 Å². The molecule has 0 atom stereocenters. The van der Waals surface area contributed by atoms with Gasteiger partial charge in [0.15, 0.2) is 10.4 Å². The van der Waals surface area contributed by atoms with Gasteiger partial charge >= 0.3 is 0 Å². The fourth-order valence-corrected chi connectivity index (χ4v) is 3.32. The Morgan fingerprint density at radius 3 is 1.66 bits per heavy atom. The number of benzene rings is 1. The molecule has 1 aliphatic rings. The average molecular weight is 518 g/mol. The Bertz CT molecular complexity index is 875. The molecule has 1 aliphatic heterocycles. The molecule has 32 heavy (non-hydrogen) atoms. The van der Waals surface area contributed by atoms with Crippen LogP contribution in [0.25, 0.3) is 0 Å². The van der Waals surface area contributed by atoms with E-state index in [9.17, 15) is 30.7 Å². The van der Waals surface area contributed by atoms with E-state index in [1.807, 2.05) is 26.0 Å². The second-order valence-corrected chi connectivity index (χ2v) is 11.6. The lowest BCUT2D eigenvalue weighted by atomic mass is 9.91. The first-order valence-electron chi connectivity index (χ1n) is 9.23. The van der Waals surface area contributed by atoms with Crippen LogP contribution in [0.3, 0.4) is 0 Å². The van der Waals surface area contributed by atoms with Crippen molar-refractivity contribution in [1.82, 2.24) is 0 Å². The van der Waals surface area contributed by atoms with Crippen LogP contribution in [0.2, 0.25) is 0 Å². The molecule has 1 aromatic carbocycles. The maximum Gasteiger partial charge on any atom is 0.222 e. The molecule has 0 aliphatic carbocycles. The minimum Gasteiger partial charge on any atom is -0.726 e. The Kier molecular flexibility index (Phi) is 13.1. The summed E-state index contributed by atoms with van der Waals surface area (Å²) >= 11 is 0. The van der Waals surface area contributed by atoms with E-state index in [1.54, 1.807) is 0 Å². The Morgan fingerprint density at radius 2 is 1.34 bits per heavy atom. The Hall–Kier alpha value is -1.10. The summed E-state index contributed by atoms with van der Waals surface area (Å²) < 4.78 is 67.4. The van der Waals surface area contributed by atoms with Crippen molar-refractivity contribution in [3.8, 4) is 0 Å². The lowest BCUT2D eigenvalue weighted by molar-refractivity contribution is -0.944. The highest BCUT2D eigenvalue weighted by atomic mass is 32.3. The number of hydrogen-bond donors (Lipinski definition) is 1. The quantitative estimate of drug-likeness (QED) is 0.214. The van der Waals surface area contributed by atoms with E-state index in [4.69, 9.17) is 4.74 Å². The van der Waals surface area contributed by atoms with Gasteiger partial charge in [-0.3, -0.25) is 13.2 Å². The number of hydrogen-bond acceptors (Lipinski definition) is 10. The second-order valence-electron chi connectivity index (χ2n) is 7.16. The van der Waals surface area contributed by atoms with Crippen LogP contribution in [0, 0.1) is 0 Å². The molecule has 0 bridgehead atoms. The number of Topliss-reactive ketones (excluding diaryl/α,β-unsaturated/α-hetero) is 1. The van der Waals surface area contributed by atoms with Crippen LogP contribution < -0.4 is 4.90 Å². The van der Waals surface area contributed by atoms with E-state index in [1.165, 1.54) is 9.80 Å². The zero-order valence-corrected chi connectivity index (χ0v) is 21.4. The molecule has 14 heteroatoms. The molecule has 1 fully saturated rings. The van der Waals surface area contributed by atoms with Gasteiger partial charge in [-0.2, -0.15) is 0 Å². The highest BCUT2D eigenvalue weighted by molar-refractivity contribution is 7.95. The van der Waals surface area contributed by atoms with E-state index in [0.717, 1.165) is 46.1 Å². The van der Waals surface area contributed by atoms with E-state index in [0.29, 0.717) is 0 Å². The number of carbonyl (C=O) groups is 1. The third kappa shape index (κ3) is 12.2. The predicted octanol–water partition coefficient (Wildman–Crippen LogP) is -1.01. The van der Waals surface area contributed by atoms with Gasteiger partial charge in [-0.1, -0.05) is 0 Å². The smallest absolute Gasteiger partial charge is 0.222 e. The van der Waals surface area contributed by atoms with Crippen molar-refractivity contribution < 1.29 is 48.7 Å². The van der Waals surface area contributed by atoms with Gasteiger partial charge < -0.3 is 18.7 Å². The van der Waals surface area contributed by atoms with Crippen molar-refractivity contribution in [2.45, 2.75) is 24.3 Å². The van der Waals surface area contributed by atoms with E-state index < -0.39 is 20.8 Å². The third-order valence-electron chi connectivity index (χ3n) is 4.54. The Labute approximate surface area is 193 Å². The number of morpholine rings is 1. The first-order chi connectivity index (χ1) is 14.5. The molecule has 11 nitrogen and oxygen atoms in total. The van der Waals surface area contributed by atoms with E-state index in [2.05, 4.69) is 33.0 Å². The molecule has 186 valence electrons. The maximum atomic E-state index is 12.8. The molecule has 0 amide bonds. The van der Waals surface area contributed by atoms with Crippen molar-refractivity contribution in [2.75, 3.05) is 53.0 Å². The number of quaternary nitrogens is 1. The fraction of sp³-hybridized carbons (Fsp3) is 0.611. The summed E-state index contributed by atoms with van der Waals surface area (Å²) in [4.78, 5) is 15.4. The largest absolute Gasteiger partial charge is 0.726 e. The molecule has 2 rings (SSSR count). The summed E-state index contributed by atoms with van der Waals surface area (Å²) in [6, 6.07) is 8.13. The minimum absolute atomic E-state index is 0.230. The topological polar surface area (TPSA) is 164 Å². The van der Waals surface area contributed by atoms with Gasteiger partial charge in [0.1, 0.15) is 25.6 Å². The monoisotopic (exact) mass is 517 g/mol. The zero-order chi connectivity index (χ0) is 25.2. The molecule has 0 aromatic heterocycles. The maximum absolute atomic E-state index is 12.8. The highest BCUT2D eigenvalue weighted by Crippen LogP contribution is 2.15. The second kappa shape index (κ2) is 13.6. The summed E-state index contributed by atoms with van der Waals surface area (Å²) in [5.74, 6) is 0.230. The summed E-state index contributed by atoms with van der Waals surface area (Å²) in [5, 5.41) is 0. The fourth-order valence-electron chi connectivity index (χ4n) is 2.64. The minimum atomic E-state index is -4.41. The molecule has 0 saturated carbocycles. The van der Waals surface area contributed by atoms with Crippen molar-refractivity contribution in [3.05, 3.63) is 29.8 Å². The number of carbonyl (C=O) groups excluding carboxylic acids is 1. The van der Waals surface area contributed by atoms with Crippen molar-refractivity contribution in [1.29, 1.82) is 0 Å². The van der Waals surface area contributed by atoms with Crippen LogP contribution in [-0.4, -0.2) is 90.3 Å². The van der Waals surface area contributed by atoms with Crippen LogP contribution >= 0.6 is 0 Å². The summed E-state index contributed by atoms with van der Waals surface area (Å²) in [6.07, 6.45) is 4.39. The van der Waals surface area contributed by atoms with E-state index in [-0.39, 0.29) is 22.2 Å². The van der Waals surface area contributed by atoms with Gasteiger partial charge in [0.2, 0.25) is 26.6 Å². The number of ether oxygens (including phenoxy) is 1. The molecule has 1 heterocycles. The van der Waals surface area contributed by atoms with Crippen LogP contribution in [0.5, 0.6) is 0 Å². The molecular formula is C18H31NO10S3. The molecule has 0 spiro atoms. The van der Waals surface area contributed by atoms with Gasteiger partial charge in [-0.25, -0.2) is 16.8 Å². The standard InChI is InChI=1S/C16H24NO2S.2CH4O4S/c1-16(2,17-9-11-19-12-10-17)15(18)13-5-7-14(8-6-13)20(3)4;2*1-5-6(2,3)4/h5-8H,9-12H2,1-4H3;2*1H3,(H,2,3,4)/q+1;;/p-1. The van der Waals surface area contributed by atoms with Gasteiger partial charge in [0, 0.05) is 16.5 Å². The van der Waals surface area contributed by atoms with Crippen LogP contribution in [0.4, 0.5) is 0 Å². The lowest BCUT2D eigenvalue weighted by Gasteiger charge is -2.36. The van der Waals surface area contributed by atoms with Crippen molar-refractivity contribution in [2.24, 2.45) is 0 Å². The van der Waals surface area contributed by atoms with Gasteiger partial charge in [0.25, 0.3) is 0 Å². The van der Waals surface area contributed by atoms with Crippen molar-refractivity contribution in [3.63, 3.8) is 0 Å².